The number of alkyl halides is 3. The molecule has 1 aromatic rings. The molecular weight excluding hydrogens is 203 g/mol. The monoisotopic (exact) mass is 217 g/mol. The summed E-state index contributed by atoms with van der Waals surface area (Å²) in [5.74, 6) is 0. The zero-order chi connectivity index (χ0) is 11.8. The Bertz CT molecular complexity index is 346. The van der Waals surface area contributed by atoms with E-state index < -0.39 is 12.2 Å². The number of hydrogen-bond acceptors (Lipinski definition) is 1. The molecular formula is C11H14F3N. The van der Waals surface area contributed by atoms with Crippen LogP contribution in [0.3, 0.4) is 0 Å². The van der Waals surface area contributed by atoms with E-state index in [4.69, 9.17) is 5.73 Å². The quantitative estimate of drug-likeness (QED) is 0.768. The van der Waals surface area contributed by atoms with Crippen molar-refractivity contribution in [3.63, 3.8) is 0 Å². The van der Waals surface area contributed by atoms with Crippen LogP contribution in [0.15, 0.2) is 12.1 Å². The summed E-state index contributed by atoms with van der Waals surface area (Å²) < 4.78 is 37.4. The van der Waals surface area contributed by atoms with Crippen LogP contribution < -0.4 is 5.73 Å². The molecule has 0 aromatic heterocycles. The molecule has 1 aromatic carbocycles. The van der Waals surface area contributed by atoms with Gasteiger partial charge in [-0.15, -0.1) is 0 Å². The van der Waals surface area contributed by atoms with E-state index in [1.807, 2.05) is 6.92 Å². The topological polar surface area (TPSA) is 26.0 Å². The van der Waals surface area contributed by atoms with Gasteiger partial charge in [0.1, 0.15) is 6.04 Å². The van der Waals surface area contributed by atoms with Crippen LogP contribution in [0.25, 0.3) is 0 Å². The highest BCUT2D eigenvalue weighted by Crippen LogP contribution is 2.34. The molecule has 0 aliphatic carbocycles. The third-order valence-electron chi connectivity index (χ3n) is 2.40. The molecule has 15 heavy (non-hydrogen) atoms. The van der Waals surface area contributed by atoms with Crippen molar-refractivity contribution in [1.82, 2.24) is 0 Å². The van der Waals surface area contributed by atoms with E-state index in [0.717, 1.165) is 5.56 Å². The van der Waals surface area contributed by atoms with Crippen molar-refractivity contribution < 1.29 is 13.2 Å². The van der Waals surface area contributed by atoms with E-state index in [1.165, 1.54) is 0 Å². The van der Waals surface area contributed by atoms with E-state index in [-0.39, 0.29) is 5.56 Å². The first-order valence-electron chi connectivity index (χ1n) is 4.63. The van der Waals surface area contributed by atoms with Gasteiger partial charge >= 0.3 is 6.18 Å². The van der Waals surface area contributed by atoms with Gasteiger partial charge in [-0.05, 0) is 37.5 Å². The van der Waals surface area contributed by atoms with Crippen molar-refractivity contribution >= 4 is 0 Å². The number of halogens is 3. The van der Waals surface area contributed by atoms with Crippen LogP contribution in [0.5, 0.6) is 0 Å². The van der Waals surface area contributed by atoms with E-state index in [2.05, 4.69) is 0 Å². The molecule has 84 valence electrons. The summed E-state index contributed by atoms with van der Waals surface area (Å²) in [5.41, 5.74) is 7.52. The average molecular weight is 217 g/mol. The maximum atomic E-state index is 12.5. The highest BCUT2D eigenvalue weighted by molar-refractivity contribution is 5.40. The number of nitrogens with two attached hydrogens (primary N) is 1. The molecule has 4 heteroatoms. The molecule has 0 radical (unpaired) electrons. The highest BCUT2D eigenvalue weighted by atomic mass is 19.4. The lowest BCUT2D eigenvalue weighted by molar-refractivity contribution is -0.149. The minimum atomic E-state index is -4.38. The Morgan fingerprint density at radius 3 is 1.80 bits per heavy atom. The molecule has 2 N–H and O–H groups in total. The van der Waals surface area contributed by atoms with E-state index in [1.54, 1.807) is 26.0 Å². The predicted molar refractivity (Wildman–Crippen MR) is 53.6 cm³/mol. The van der Waals surface area contributed by atoms with Gasteiger partial charge < -0.3 is 5.73 Å². The molecule has 0 heterocycles. The minimum Gasteiger partial charge on any atom is -0.316 e. The summed E-state index contributed by atoms with van der Waals surface area (Å²) >= 11 is 0. The number of rotatable bonds is 1. The molecule has 1 atom stereocenters. The van der Waals surface area contributed by atoms with Crippen molar-refractivity contribution in [2.45, 2.75) is 33.0 Å². The van der Waals surface area contributed by atoms with Crippen LogP contribution in [0, 0.1) is 20.8 Å². The van der Waals surface area contributed by atoms with Gasteiger partial charge in [0.2, 0.25) is 0 Å². The minimum absolute atomic E-state index is 0.188. The molecule has 0 amide bonds. The SMILES string of the molecule is Cc1cc(C)c([C@H](N)C(F)(F)F)c(C)c1. The molecule has 0 aliphatic rings. The fraction of sp³-hybridized carbons (Fsp3) is 0.455. The van der Waals surface area contributed by atoms with Crippen LogP contribution in [0.4, 0.5) is 13.2 Å². The van der Waals surface area contributed by atoms with Gasteiger partial charge in [0.25, 0.3) is 0 Å². The van der Waals surface area contributed by atoms with Crippen LogP contribution in [0.2, 0.25) is 0 Å². The van der Waals surface area contributed by atoms with Crippen molar-refractivity contribution in [2.24, 2.45) is 5.73 Å². The maximum Gasteiger partial charge on any atom is 0.407 e. The summed E-state index contributed by atoms with van der Waals surface area (Å²) in [5, 5.41) is 0. The van der Waals surface area contributed by atoms with Gasteiger partial charge in [-0.25, -0.2) is 0 Å². The van der Waals surface area contributed by atoms with Crippen molar-refractivity contribution in [1.29, 1.82) is 0 Å². The third-order valence-corrected chi connectivity index (χ3v) is 2.40. The molecule has 0 spiro atoms. The predicted octanol–water partition coefficient (Wildman–Crippen LogP) is 3.17. The smallest absolute Gasteiger partial charge is 0.316 e. The summed E-state index contributed by atoms with van der Waals surface area (Å²) in [6.07, 6.45) is -4.38. The second-order valence-corrected chi connectivity index (χ2v) is 3.83. The van der Waals surface area contributed by atoms with Crippen LogP contribution in [-0.4, -0.2) is 6.18 Å². The van der Waals surface area contributed by atoms with Crippen molar-refractivity contribution in [2.75, 3.05) is 0 Å². The van der Waals surface area contributed by atoms with E-state index in [9.17, 15) is 13.2 Å². The third kappa shape index (κ3) is 2.50. The first-order chi connectivity index (χ1) is 6.73. The normalized spacial score (nSPS) is 14.1. The second-order valence-electron chi connectivity index (χ2n) is 3.83. The fourth-order valence-corrected chi connectivity index (χ4v) is 1.85. The molecule has 0 fully saturated rings. The van der Waals surface area contributed by atoms with Crippen LogP contribution in [-0.2, 0) is 0 Å². The lowest BCUT2D eigenvalue weighted by Gasteiger charge is -2.20. The molecule has 0 bridgehead atoms. The standard InChI is InChI=1S/C11H14F3N/c1-6-4-7(2)9(8(3)5-6)10(15)11(12,13)14/h4-5,10H,15H2,1-3H3/t10-/m0/s1. The zero-order valence-electron chi connectivity index (χ0n) is 8.94. The Hall–Kier alpha value is -1.03. The highest BCUT2D eigenvalue weighted by Gasteiger charge is 2.39. The van der Waals surface area contributed by atoms with Crippen molar-refractivity contribution in [3.8, 4) is 0 Å². The van der Waals surface area contributed by atoms with Gasteiger partial charge in [0, 0.05) is 0 Å². The Morgan fingerprint density at radius 1 is 1.07 bits per heavy atom. The van der Waals surface area contributed by atoms with Crippen LogP contribution >= 0.6 is 0 Å². The van der Waals surface area contributed by atoms with Gasteiger partial charge in [0.05, 0.1) is 0 Å². The summed E-state index contributed by atoms with van der Waals surface area (Å²) in [4.78, 5) is 0. The molecule has 0 unspecified atom stereocenters. The second kappa shape index (κ2) is 3.85. The molecule has 0 saturated carbocycles. The first kappa shape index (κ1) is 12.0. The summed E-state index contributed by atoms with van der Waals surface area (Å²) in [7, 11) is 0. The van der Waals surface area contributed by atoms with Gasteiger partial charge in [-0.3, -0.25) is 0 Å². The Morgan fingerprint density at radius 2 is 1.47 bits per heavy atom. The van der Waals surface area contributed by atoms with Gasteiger partial charge in [0.15, 0.2) is 0 Å². The molecule has 0 aliphatic heterocycles. The zero-order valence-corrected chi connectivity index (χ0v) is 8.94. The van der Waals surface area contributed by atoms with Gasteiger partial charge in [-0.2, -0.15) is 13.2 Å². The van der Waals surface area contributed by atoms with E-state index >= 15 is 0 Å². The maximum absolute atomic E-state index is 12.5. The summed E-state index contributed by atoms with van der Waals surface area (Å²) in [6.45, 7) is 5.16. The number of hydrogen-bond donors (Lipinski definition) is 1. The van der Waals surface area contributed by atoms with Crippen LogP contribution in [0.1, 0.15) is 28.3 Å². The molecule has 1 nitrogen and oxygen atoms in total. The summed E-state index contributed by atoms with van der Waals surface area (Å²) in [6, 6.07) is 1.54. The number of aryl methyl sites for hydroxylation is 3. The fourth-order valence-electron chi connectivity index (χ4n) is 1.85. The largest absolute Gasteiger partial charge is 0.407 e. The first-order valence-corrected chi connectivity index (χ1v) is 4.63. The lowest BCUT2D eigenvalue weighted by atomic mass is 9.94. The van der Waals surface area contributed by atoms with Gasteiger partial charge in [-0.1, -0.05) is 17.7 Å². The van der Waals surface area contributed by atoms with E-state index in [0.29, 0.717) is 11.1 Å². The molecule has 0 saturated heterocycles. The lowest BCUT2D eigenvalue weighted by Crippen LogP contribution is -2.29. The Labute approximate surface area is 87.1 Å². The average Bonchev–Trinajstić information content (AvgIpc) is 1.99. The van der Waals surface area contributed by atoms with Crippen molar-refractivity contribution in [3.05, 3.63) is 34.4 Å². The number of benzene rings is 1. The Balaban J connectivity index is 3.26. The Kier molecular flexibility index (Phi) is 3.09. The molecule has 1 rings (SSSR count).